The van der Waals surface area contributed by atoms with E-state index in [2.05, 4.69) is 36.2 Å². The molecule has 18 nitrogen and oxygen atoms in total. The number of aliphatic hydroxyl groups is 2. The van der Waals surface area contributed by atoms with Crippen molar-refractivity contribution >= 4 is 40.8 Å². The van der Waals surface area contributed by atoms with E-state index in [1.54, 1.807) is 64.0 Å². The average Bonchev–Trinajstić information content (AvgIpc) is 3.58. The molecule has 2 aromatic heterocycles. The number of fused-ring (bicyclic) bond motifs is 1. The van der Waals surface area contributed by atoms with E-state index < -0.39 is 66.7 Å². The van der Waals surface area contributed by atoms with Crippen LogP contribution < -0.4 is 30.9 Å². The molecule has 284 valence electrons. The third kappa shape index (κ3) is 10.3. The van der Waals surface area contributed by atoms with Crippen molar-refractivity contribution in [3.8, 4) is 5.75 Å². The van der Waals surface area contributed by atoms with E-state index in [-0.39, 0.29) is 37.2 Å². The number of amides is 4. The van der Waals surface area contributed by atoms with Crippen LogP contribution in [-0.4, -0.2) is 124 Å². The van der Waals surface area contributed by atoms with Gasteiger partial charge in [0.05, 0.1) is 26.1 Å². The number of carbonyl (C=O) groups excluding carboxylic acids is 4. The number of nitrogens with zero attached hydrogens (tertiary/aromatic N) is 5. The molecule has 4 rings (SSSR count). The monoisotopic (exact) mass is 729 g/mol. The Kier molecular flexibility index (Phi) is 12.8. The quantitative estimate of drug-likeness (QED) is 0.115. The molecule has 0 spiro atoms. The van der Waals surface area contributed by atoms with Crippen LogP contribution in [0.4, 0.5) is 10.6 Å². The zero-order valence-electron chi connectivity index (χ0n) is 31.4. The molecule has 3 heterocycles. The van der Waals surface area contributed by atoms with Crippen molar-refractivity contribution in [2.45, 2.75) is 89.1 Å². The molecule has 1 aliphatic rings. The Morgan fingerprint density at radius 3 is 2.40 bits per heavy atom. The van der Waals surface area contributed by atoms with Gasteiger partial charge >= 0.3 is 6.09 Å². The van der Waals surface area contributed by atoms with Gasteiger partial charge < -0.3 is 50.6 Å². The number of aliphatic hydroxyl groups excluding tert-OH is 2. The van der Waals surface area contributed by atoms with E-state index in [0.29, 0.717) is 29.1 Å². The van der Waals surface area contributed by atoms with Gasteiger partial charge in [-0.25, -0.2) is 19.7 Å². The van der Waals surface area contributed by atoms with Crippen LogP contribution in [0.5, 0.6) is 5.75 Å². The standard InChI is InChI=1S/C34H49N9O9/c1-19(45)35-14-8-9-22(40-33(49)52-34(2,3)4)30(47)39-23(15-20-10-12-21(50-7)13-11-20)31(48)41-25-24(16-44)51-32(27(25)46)43-18-38-26-28(42(5)6)36-17-37-29(26)43/h10-13,17-18,22-25,27,32,44,46H,8-9,14-16H2,1-7H3,(H,35,45)(H,39,47)(H,40,49)(H,41,48)/t22-,23+,24-,25?,27+,32-/m1/s1/i18T. The smallest absolute Gasteiger partial charge is 0.408 e. The van der Waals surface area contributed by atoms with Crippen LogP contribution in [0.2, 0.25) is 0 Å². The molecule has 1 aromatic carbocycles. The minimum Gasteiger partial charge on any atom is -0.497 e. The lowest BCUT2D eigenvalue weighted by Gasteiger charge is -2.27. The maximum Gasteiger partial charge on any atom is 0.408 e. The average molecular weight is 730 g/mol. The molecule has 52 heavy (non-hydrogen) atoms. The van der Waals surface area contributed by atoms with Gasteiger partial charge in [0.1, 0.15) is 43.3 Å². The van der Waals surface area contributed by atoms with Gasteiger partial charge in [0.15, 0.2) is 23.2 Å². The van der Waals surface area contributed by atoms with Crippen LogP contribution in [0, 0.1) is 0 Å². The summed E-state index contributed by atoms with van der Waals surface area (Å²) in [6, 6.07) is 3.23. The highest BCUT2D eigenvalue weighted by molar-refractivity contribution is 5.91. The lowest BCUT2D eigenvalue weighted by molar-refractivity contribution is -0.131. The molecule has 4 amide bonds. The first-order valence-electron chi connectivity index (χ1n) is 17.3. The Balaban J connectivity index is 1.60. The van der Waals surface area contributed by atoms with E-state index in [9.17, 15) is 29.4 Å². The molecule has 3 aromatic rings. The molecule has 6 N–H and O–H groups in total. The highest BCUT2D eigenvalue weighted by Crippen LogP contribution is 2.32. The molecule has 0 radical (unpaired) electrons. The van der Waals surface area contributed by atoms with Crippen molar-refractivity contribution in [1.29, 1.82) is 0 Å². The summed E-state index contributed by atoms with van der Waals surface area (Å²) < 4.78 is 26.4. The number of aromatic nitrogens is 4. The number of nitrogens with one attached hydrogen (secondary N) is 4. The van der Waals surface area contributed by atoms with Crippen LogP contribution in [0.1, 0.15) is 53.7 Å². The van der Waals surface area contributed by atoms with Crippen LogP contribution in [0.3, 0.4) is 0 Å². The third-order valence-corrected chi connectivity index (χ3v) is 8.11. The van der Waals surface area contributed by atoms with Crippen LogP contribution in [0.15, 0.2) is 36.9 Å². The van der Waals surface area contributed by atoms with E-state index >= 15 is 0 Å². The van der Waals surface area contributed by atoms with Crippen molar-refractivity contribution in [1.82, 2.24) is 40.8 Å². The Morgan fingerprint density at radius 2 is 1.79 bits per heavy atom. The van der Waals surface area contributed by atoms with E-state index in [0.717, 1.165) is 0 Å². The molecule has 0 aliphatic carbocycles. The number of carbonyl (C=O) groups is 4. The molecule has 0 bridgehead atoms. The Labute approximate surface area is 303 Å². The molecule has 18 heteroatoms. The number of hydrogen-bond acceptors (Lipinski definition) is 13. The maximum atomic E-state index is 14.1. The van der Waals surface area contributed by atoms with Gasteiger partial charge in [0.2, 0.25) is 17.7 Å². The summed E-state index contributed by atoms with van der Waals surface area (Å²) in [5.41, 5.74) is 0.288. The van der Waals surface area contributed by atoms with E-state index in [4.69, 9.17) is 15.6 Å². The van der Waals surface area contributed by atoms with Gasteiger partial charge in [-0.15, -0.1) is 0 Å². The summed E-state index contributed by atoms with van der Waals surface area (Å²) in [6.45, 7) is 6.01. The second-order valence-electron chi connectivity index (χ2n) is 13.6. The predicted octanol–water partition coefficient (Wildman–Crippen LogP) is 0.173. The Morgan fingerprint density at radius 1 is 1.08 bits per heavy atom. The summed E-state index contributed by atoms with van der Waals surface area (Å²) in [4.78, 5) is 66.5. The number of anilines is 1. The zero-order valence-corrected chi connectivity index (χ0v) is 30.4. The first-order valence-corrected chi connectivity index (χ1v) is 16.8. The van der Waals surface area contributed by atoms with Crippen LogP contribution >= 0.6 is 0 Å². The Bertz CT molecular complexity index is 1750. The second kappa shape index (κ2) is 17.4. The molecule has 1 fully saturated rings. The summed E-state index contributed by atoms with van der Waals surface area (Å²) in [5.74, 6) is -0.673. The highest BCUT2D eigenvalue weighted by atomic mass is 16.6. The van der Waals surface area contributed by atoms with Gasteiger partial charge in [0.25, 0.3) is 0 Å². The molecule has 1 unspecified atom stereocenters. The fourth-order valence-electron chi connectivity index (χ4n) is 5.62. The van der Waals surface area contributed by atoms with Crippen molar-refractivity contribution in [3.63, 3.8) is 0 Å². The van der Waals surface area contributed by atoms with Gasteiger partial charge in [-0.1, -0.05) is 12.1 Å². The number of rotatable bonds is 15. The molecular weight excluding hydrogens is 678 g/mol. The van der Waals surface area contributed by atoms with Crippen molar-refractivity contribution < 1.29 is 45.0 Å². The number of imidazole rings is 1. The lowest BCUT2D eigenvalue weighted by atomic mass is 10.0. The lowest BCUT2D eigenvalue weighted by Crippen LogP contribution is -2.58. The van der Waals surface area contributed by atoms with E-state index in [1.165, 1.54) is 24.9 Å². The first-order chi connectivity index (χ1) is 25.0. The highest BCUT2D eigenvalue weighted by Gasteiger charge is 2.46. The second-order valence-corrected chi connectivity index (χ2v) is 13.6. The third-order valence-electron chi connectivity index (χ3n) is 8.11. The minimum absolute atomic E-state index is 0.0171. The topological polar surface area (TPSA) is 231 Å². The van der Waals surface area contributed by atoms with Gasteiger partial charge in [-0.05, 0) is 51.3 Å². The molecule has 0 saturated carbocycles. The zero-order chi connectivity index (χ0) is 39.0. The minimum atomic E-state index is -1.50. The van der Waals surface area contributed by atoms with Gasteiger partial charge in [0, 0.05) is 34.0 Å². The van der Waals surface area contributed by atoms with Gasteiger partial charge in [-0.3, -0.25) is 19.0 Å². The van der Waals surface area contributed by atoms with Gasteiger partial charge in [-0.2, -0.15) is 0 Å². The number of alkyl carbamates (subject to hydrolysis) is 1. The van der Waals surface area contributed by atoms with Crippen LogP contribution in [0.25, 0.3) is 11.2 Å². The molecule has 1 aliphatic heterocycles. The normalized spacial score (nSPS) is 20.0. The molecule has 1 saturated heterocycles. The van der Waals surface area contributed by atoms with Crippen molar-refractivity contribution in [2.75, 3.05) is 39.3 Å². The fourth-order valence-corrected chi connectivity index (χ4v) is 5.62. The summed E-state index contributed by atoms with van der Waals surface area (Å²) in [5, 5.41) is 32.5. The van der Waals surface area contributed by atoms with Crippen molar-refractivity contribution in [2.24, 2.45) is 0 Å². The molecular formula is C34H49N9O9. The van der Waals surface area contributed by atoms with Crippen LogP contribution in [-0.2, 0) is 30.3 Å². The summed E-state index contributed by atoms with van der Waals surface area (Å²) in [7, 11) is 5.02. The summed E-state index contributed by atoms with van der Waals surface area (Å²) in [6.07, 6.45) is -3.35. The molecule has 6 atom stereocenters. The number of hydrogen-bond donors (Lipinski definition) is 6. The number of methoxy groups -OCH3 is 1. The fraction of sp³-hybridized carbons (Fsp3) is 0.559. The SMILES string of the molecule is [3H]c1nc2c(N(C)C)ncnc2n1[C@@H]1O[C@H](CO)C(NC(=O)[C@H](Cc2ccc(OC)cc2)NC(=O)[C@@H](CCCNC(C)=O)NC(=O)OC(C)(C)C)[C@@H]1O. The summed E-state index contributed by atoms with van der Waals surface area (Å²) >= 11 is 0. The number of ether oxygens (including phenoxy) is 3. The largest absolute Gasteiger partial charge is 0.497 e. The van der Waals surface area contributed by atoms with E-state index in [1.807, 2.05) is 0 Å². The Hall–Kier alpha value is -5.07. The first kappa shape index (κ1) is 38.2. The van der Waals surface area contributed by atoms with Crippen molar-refractivity contribution in [3.05, 3.63) is 42.5 Å². The number of benzene rings is 1. The predicted molar refractivity (Wildman–Crippen MR) is 188 cm³/mol. The maximum absolute atomic E-state index is 14.1.